The van der Waals surface area contributed by atoms with E-state index in [1.165, 1.54) is 6.21 Å². The van der Waals surface area contributed by atoms with Crippen molar-refractivity contribution in [1.82, 2.24) is 0 Å². The Hall–Kier alpha value is -1.12. The molecule has 2 N–H and O–H groups in total. The minimum absolute atomic E-state index is 0.212. The lowest BCUT2D eigenvalue weighted by Gasteiger charge is -1.81. The summed E-state index contributed by atoms with van der Waals surface area (Å²) in [4.78, 5) is 13.4. The molecule has 0 amide bonds. The van der Waals surface area contributed by atoms with Crippen molar-refractivity contribution in [3.63, 3.8) is 0 Å². The number of hydrogen-bond donors (Lipinski definition) is 1. The molecule has 0 unspecified atom stereocenters. The Morgan fingerprint density at radius 1 is 1.78 bits per heavy atom. The quantitative estimate of drug-likeness (QED) is 0.431. The van der Waals surface area contributed by atoms with Gasteiger partial charge in [-0.1, -0.05) is 0 Å². The molecule has 0 aromatic carbocycles. The van der Waals surface area contributed by atoms with Crippen LogP contribution in [0.15, 0.2) is 16.8 Å². The van der Waals surface area contributed by atoms with Crippen LogP contribution in [0, 0.1) is 0 Å². The van der Waals surface area contributed by atoms with Gasteiger partial charge in [0.25, 0.3) is 0 Å². The van der Waals surface area contributed by atoms with E-state index in [9.17, 15) is 4.79 Å². The van der Waals surface area contributed by atoms with Gasteiger partial charge in [-0.2, -0.15) is 0 Å². The van der Waals surface area contributed by atoms with E-state index in [2.05, 4.69) is 4.99 Å². The number of nitrogens with two attached hydrogens (primary N) is 1. The summed E-state index contributed by atoms with van der Waals surface area (Å²) in [5, 5.41) is 0. The van der Waals surface area contributed by atoms with Crippen molar-refractivity contribution in [1.29, 1.82) is 0 Å². The van der Waals surface area contributed by atoms with E-state index in [-0.39, 0.29) is 6.54 Å². The van der Waals surface area contributed by atoms with Gasteiger partial charge in [-0.3, -0.25) is 4.99 Å². The number of aldehydes is 1. The smallest absolute Gasteiger partial charge is 0.141 e. The molecule has 0 aliphatic heterocycles. The molecule has 0 saturated heterocycles. The van der Waals surface area contributed by atoms with Crippen molar-refractivity contribution in [2.24, 2.45) is 10.7 Å². The number of allylic oxidation sites excluding steroid dienone is 2. The molecule has 0 saturated carbocycles. The van der Waals surface area contributed by atoms with Crippen LogP contribution in [0.1, 0.15) is 6.92 Å². The van der Waals surface area contributed by atoms with Crippen LogP contribution in [0.5, 0.6) is 0 Å². The molecule has 0 atom stereocenters. The van der Waals surface area contributed by atoms with E-state index < -0.39 is 0 Å². The highest BCUT2D eigenvalue weighted by molar-refractivity contribution is 5.73. The second-order valence-corrected chi connectivity index (χ2v) is 1.59. The summed E-state index contributed by atoms with van der Waals surface area (Å²) >= 11 is 0. The van der Waals surface area contributed by atoms with Crippen LogP contribution in [0.2, 0.25) is 0 Å². The fraction of sp³-hybridized carbons (Fsp3) is 0.333. The van der Waals surface area contributed by atoms with Gasteiger partial charge >= 0.3 is 0 Å². The van der Waals surface area contributed by atoms with Gasteiger partial charge < -0.3 is 10.5 Å². The number of nitrogens with zero attached hydrogens (tertiary/aromatic N) is 1. The van der Waals surface area contributed by atoms with Crippen LogP contribution in [0.25, 0.3) is 0 Å². The number of carbonyl (C=O) groups excluding carboxylic acids is 1. The van der Waals surface area contributed by atoms with Crippen molar-refractivity contribution in [3.8, 4) is 0 Å². The van der Waals surface area contributed by atoms with Crippen molar-refractivity contribution in [2.75, 3.05) is 6.54 Å². The van der Waals surface area contributed by atoms with Gasteiger partial charge in [-0.05, 0) is 13.0 Å². The van der Waals surface area contributed by atoms with E-state index in [0.29, 0.717) is 5.70 Å². The zero-order chi connectivity index (χ0) is 7.11. The maximum Gasteiger partial charge on any atom is 0.141 e. The molecule has 0 aliphatic carbocycles. The zero-order valence-electron chi connectivity index (χ0n) is 5.37. The third-order valence-electron chi connectivity index (χ3n) is 0.623. The molecule has 0 radical (unpaired) electrons. The SMILES string of the molecule is CC(N)=CC=NCC=O. The maximum absolute atomic E-state index is 9.68. The molecule has 3 heteroatoms. The van der Waals surface area contributed by atoms with Gasteiger partial charge in [0.05, 0.1) is 6.54 Å². The lowest BCUT2D eigenvalue weighted by Crippen LogP contribution is -1.90. The molecule has 0 fully saturated rings. The molecular weight excluding hydrogens is 116 g/mol. The van der Waals surface area contributed by atoms with E-state index in [1.54, 1.807) is 13.0 Å². The molecule has 0 aromatic rings. The first-order valence-electron chi connectivity index (χ1n) is 2.63. The minimum atomic E-state index is 0.212. The summed E-state index contributed by atoms with van der Waals surface area (Å²) < 4.78 is 0. The molecule has 3 nitrogen and oxygen atoms in total. The topological polar surface area (TPSA) is 55.4 Å². The Bertz CT molecular complexity index is 134. The second-order valence-electron chi connectivity index (χ2n) is 1.59. The fourth-order valence-corrected chi connectivity index (χ4v) is 0.274. The second kappa shape index (κ2) is 5.03. The Labute approximate surface area is 54.3 Å². The number of hydrogen-bond acceptors (Lipinski definition) is 3. The predicted octanol–water partition coefficient (Wildman–Crippen LogP) is 0.119. The van der Waals surface area contributed by atoms with Crippen LogP contribution in [0.4, 0.5) is 0 Å². The van der Waals surface area contributed by atoms with Gasteiger partial charge in [0.2, 0.25) is 0 Å². The summed E-state index contributed by atoms with van der Waals surface area (Å²) in [6.07, 6.45) is 3.89. The van der Waals surface area contributed by atoms with Crippen LogP contribution in [0.3, 0.4) is 0 Å². The number of aliphatic imine (C=N–C) groups is 1. The van der Waals surface area contributed by atoms with Gasteiger partial charge in [0, 0.05) is 11.9 Å². The lowest BCUT2D eigenvalue weighted by atomic mass is 10.5. The van der Waals surface area contributed by atoms with Crippen LogP contribution >= 0.6 is 0 Å². The minimum Gasteiger partial charge on any atom is -0.402 e. The van der Waals surface area contributed by atoms with E-state index >= 15 is 0 Å². The summed E-state index contributed by atoms with van der Waals surface area (Å²) in [7, 11) is 0. The van der Waals surface area contributed by atoms with E-state index in [4.69, 9.17) is 5.73 Å². The standard InChI is InChI=1S/C6H10N2O/c1-6(7)2-3-8-4-5-9/h2-3,5H,4,7H2,1H3. The maximum atomic E-state index is 9.68. The first-order chi connectivity index (χ1) is 4.27. The molecule has 0 heterocycles. The zero-order valence-corrected chi connectivity index (χ0v) is 5.37. The Morgan fingerprint density at radius 3 is 2.89 bits per heavy atom. The third-order valence-corrected chi connectivity index (χ3v) is 0.623. The Balaban J connectivity index is 3.47. The molecule has 0 bridgehead atoms. The average molecular weight is 126 g/mol. The summed E-state index contributed by atoms with van der Waals surface area (Å²) in [5.41, 5.74) is 5.94. The molecule has 0 aromatic heterocycles. The van der Waals surface area contributed by atoms with E-state index in [0.717, 1.165) is 6.29 Å². The highest BCUT2D eigenvalue weighted by Gasteiger charge is 1.71. The molecule has 0 rings (SSSR count). The van der Waals surface area contributed by atoms with Crippen molar-refractivity contribution >= 4 is 12.5 Å². The predicted molar refractivity (Wildman–Crippen MR) is 37.4 cm³/mol. The first kappa shape index (κ1) is 7.88. The molecular formula is C6H10N2O. The average Bonchev–Trinajstić information content (AvgIpc) is 1.80. The highest BCUT2D eigenvalue weighted by atomic mass is 16.1. The first-order valence-corrected chi connectivity index (χ1v) is 2.63. The molecule has 9 heavy (non-hydrogen) atoms. The van der Waals surface area contributed by atoms with Gasteiger partial charge in [0.1, 0.15) is 6.29 Å². The third kappa shape index (κ3) is 6.88. The van der Waals surface area contributed by atoms with E-state index in [1.807, 2.05) is 0 Å². The van der Waals surface area contributed by atoms with Gasteiger partial charge in [0.15, 0.2) is 0 Å². The fourth-order valence-electron chi connectivity index (χ4n) is 0.274. The van der Waals surface area contributed by atoms with Crippen LogP contribution < -0.4 is 5.73 Å². The van der Waals surface area contributed by atoms with Crippen LogP contribution in [-0.2, 0) is 4.79 Å². The number of rotatable bonds is 3. The molecule has 0 spiro atoms. The summed E-state index contributed by atoms with van der Waals surface area (Å²) in [5.74, 6) is 0. The summed E-state index contributed by atoms with van der Waals surface area (Å²) in [6.45, 7) is 1.97. The van der Waals surface area contributed by atoms with Crippen molar-refractivity contribution < 1.29 is 4.79 Å². The lowest BCUT2D eigenvalue weighted by molar-refractivity contribution is -0.106. The largest absolute Gasteiger partial charge is 0.402 e. The van der Waals surface area contributed by atoms with Crippen LogP contribution in [-0.4, -0.2) is 19.0 Å². The normalized spacial score (nSPS) is 12.3. The van der Waals surface area contributed by atoms with Gasteiger partial charge in [-0.15, -0.1) is 0 Å². The van der Waals surface area contributed by atoms with Gasteiger partial charge in [-0.25, -0.2) is 0 Å². The Kier molecular flexibility index (Phi) is 4.40. The highest BCUT2D eigenvalue weighted by Crippen LogP contribution is 1.74. The molecule has 0 aliphatic rings. The Morgan fingerprint density at radius 2 is 2.44 bits per heavy atom. The van der Waals surface area contributed by atoms with Crippen molar-refractivity contribution in [2.45, 2.75) is 6.92 Å². The monoisotopic (exact) mass is 126 g/mol. The molecule has 50 valence electrons. The number of carbonyl (C=O) groups is 1. The summed E-state index contributed by atoms with van der Waals surface area (Å²) in [6, 6.07) is 0. The van der Waals surface area contributed by atoms with Crippen molar-refractivity contribution in [3.05, 3.63) is 11.8 Å².